The number of hydrogen-bond donors (Lipinski definition) is 1. The van der Waals surface area contributed by atoms with E-state index in [1.54, 1.807) is 0 Å². The van der Waals surface area contributed by atoms with Crippen LogP contribution in [0.5, 0.6) is 0 Å². The smallest absolute Gasteiger partial charge is 0.0541 e. The summed E-state index contributed by atoms with van der Waals surface area (Å²) in [6, 6.07) is 45.6. The third kappa shape index (κ3) is 4.24. The van der Waals surface area contributed by atoms with Crippen molar-refractivity contribution in [3.63, 3.8) is 0 Å². The van der Waals surface area contributed by atoms with E-state index in [9.17, 15) is 0 Å². The summed E-state index contributed by atoms with van der Waals surface area (Å²) in [6.07, 6.45) is 5.53. The van der Waals surface area contributed by atoms with Crippen molar-refractivity contribution in [2.24, 2.45) is 5.92 Å². The zero-order chi connectivity index (χ0) is 26.2. The Balaban J connectivity index is 1.22. The van der Waals surface area contributed by atoms with Crippen LogP contribution in [0.3, 0.4) is 0 Å². The topological polar surface area (TPSA) is 17.0 Å². The fraction of sp³-hybridized carbons (Fsp3) is 0.0811. The van der Waals surface area contributed by atoms with Crippen molar-refractivity contribution >= 4 is 33.1 Å². The number of aromatic nitrogens is 1. The highest BCUT2D eigenvalue weighted by Gasteiger charge is 2.17. The van der Waals surface area contributed by atoms with Gasteiger partial charge in [-0.05, 0) is 59.5 Å². The van der Waals surface area contributed by atoms with Crippen molar-refractivity contribution in [1.29, 1.82) is 0 Å². The van der Waals surface area contributed by atoms with Gasteiger partial charge in [-0.3, -0.25) is 0 Å². The van der Waals surface area contributed by atoms with E-state index in [0.717, 1.165) is 12.1 Å². The Kier molecular flexibility index (Phi) is 5.86. The van der Waals surface area contributed by atoms with Crippen molar-refractivity contribution in [2.45, 2.75) is 13.3 Å². The molecule has 2 heteroatoms. The Labute approximate surface area is 229 Å². The highest BCUT2D eigenvalue weighted by atomic mass is 15.0. The van der Waals surface area contributed by atoms with E-state index in [0.29, 0.717) is 5.92 Å². The first-order chi connectivity index (χ1) is 19.3. The molecule has 1 heterocycles. The first-order valence-corrected chi connectivity index (χ1v) is 13.7. The van der Waals surface area contributed by atoms with E-state index in [1.807, 2.05) is 0 Å². The van der Waals surface area contributed by atoms with Crippen molar-refractivity contribution in [2.75, 3.05) is 5.32 Å². The molecule has 0 aliphatic heterocycles. The molecule has 0 saturated carbocycles. The summed E-state index contributed by atoms with van der Waals surface area (Å²) >= 11 is 0. The molecule has 0 spiro atoms. The van der Waals surface area contributed by atoms with Crippen LogP contribution in [0, 0.1) is 5.92 Å². The summed E-state index contributed by atoms with van der Waals surface area (Å²) in [7, 11) is 0. The lowest BCUT2D eigenvalue weighted by atomic mass is 9.88. The minimum absolute atomic E-state index is 0.431. The number of allylic oxidation sites excluding steroid dienone is 4. The van der Waals surface area contributed by atoms with Crippen LogP contribution in [0.25, 0.3) is 44.2 Å². The molecule has 0 fully saturated rings. The lowest BCUT2D eigenvalue weighted by molar-refractivity contribution is 0.702. The number of hydrogen-bond acceptors (Lipinski definition) is 1. The van der Waals surface area contributed by atoms with E-state index in [1.165, 1.54) is 55.5 Å². The van der Waals surface area contributed by atoms with Crippen LogP contribution in [-0.4, -0.2) is 4.57 Å². The fourth-order valence-electron chi connectivity index (χ4n) is 5.89. The molecule has 39 heavy (non-hydrogen) atoms. The van der Waals surface area contributed by atoms with Crippen LogP contribution in [0.2, 0.25) is 0 Å². The molecule has 1 atom stereocenters. The van der Waals surface area contributed by atoms with E-state index < -0.39 is 0 Å². The summed E-state index contributed by atoms with van der Waals surface area (Å²) in [5, 5.41) is 6.24. The molecule has 7 rings (SSSR count). The van der Waals surface area contributed by atoms with E-state index in [-0.39, 0.29) is 0 Å². The first-order valence-electron chi connectivity index (χ1n) is 13.7. The molecule has 0 bridgehead atoms. The molecule has 1 aliphatic rings. The molecule has 1 aliphatic carbocycles. The number of rotatable bonds is 5. The summed E-state index contributed by atoms with van der Waals surface area (Å²) in [5.74, 6) is 0.431. The minimum Gasteiger partial charge on any atom is -0.359 e. The van der Waals surface area contributed by atoms with Gasteiger partial charge in [-0.2, -0.15) is 0 Å². The molecule has 1 unspecified atom stereocenters. The number of anilines is 1. The van der Waals surface area contributed by atoms with Crippen LogP contribution in [-0.2, 0) is 0 Å². The summed E-state index contributed by atoms with van der Waals surface area (Å²) in [4.78, 5) is 0. The Morgan fingerprint density at radius 3 is 1.90 bits per heavy atom. The fourth-order valence-corrected chi connectivity index (χ4v) is 5.89. The predicted octanol–water partition coefficient (Wildman–Crippen LogP) is 9.87. The number of nitrogens with zero attached hydrogens (tertiary/aromatic N) is 1. The summed E-state index contributed by atoms with van der Waals surface area (Å²) in [5.41, 5.74) is 11.1. The third-order valence-electron chi connectivity index (χ3n) is 7.88. The summed E-state index contributed by atoms with van der Waals surface area (Å²) in [6.45, 7) is 2.30. The summed E-state index contributed by atoms with van der Waals surface area (Å²) < 4.78 is 2.40. The van der Waals surface area contributed by atoms with Gasteiger partial charge in [-0.15, -0.1) is 0 Å². The standard InChI is InChI=1S/C37H30N2/c1-26-25-29(27-11-3-2-4-12-27)21-24-34(26)38-30-22-19-28(20-23-30)31-13-5-8-16-35(31)39-36-17-9-6-14-32(36)33-15-7-10-18-37(33)39/h2-24,26,38H,25H2,1H3. The normalized spacial score (nSPS) is 15.3. The zero-order valence-electron chi connectivity index (χ0n) is 22.0. The number of fused-ring (bicyclic) bond motifs is 3. The van der Waals surface area contributed by atoms with Crippen molar-refractivity contribution in [3.8, 4) is 16.8 Å². The zero-order valence-corrected chi connectivity index (χ0v) is 22.0. The van der Waals surface area contributed by atoms with Gasteiger partial charge in [0.25, 0.3) is 0 Å². The van der Waals surface area contributed by atoms with Crippen LogP contribution >= 0.6 is 0 Å². The van der Waals surface area contributed by atoms with Gasteiger partial charge < -0.3 is 9.88 Å². The molecule has 0 saturated heterocycles. The maximum atomic E-state index is 3.68. The highest BCUT2D eigenvalue weighted by Crippen LogP contribution is 2.37. The molecule has 188 valence electrons. The number of benzene rings is 5. The third-order valence-corrected chi connectivity index (χ3v) is 7.88. The van der Waals surface area contributed by atoms with Gasteiger partial charge in [0.15, 0.2) is 0 Å². The Hall–Kier alpha value is -4.82. The maximum absolute atomic E-state index is 3.68. The van der Waals surface area contributed by atoms with Crippen LogP contribution in [0.1, 0.15) is 18.9 Å². The van der Waals surface area contributed by atoms with Crippen molar-refractivity contribution < 1.29 is 0 Å². The molecular weight excluding hydrogens is 472 g/mol. The molecule has 0 amide bonds. The SMILES string of the molecule is CC1CC(c2ccccc2)=CC=C1Nc1ccc(-c2ccccc2-n2c3ccccc3c3ccccc32)cc1. The Morgan fingerprint density at radius 1 is 0.590 bits per heavy atom. The van der Waals surface area contributed by atoms with Gasteiger partial charge in [0.1, 0.15) is 0 Å². The van der Waals surface area contributed by atoms with E-state index in [2.05, 4.69) is 156 Å². The first kappa shape index (κ1) is 23.3. The van der Waals surface area contributed by atoms with E-state index >= 15 is 0 Å². The highest BCUT2D eigenvalue weighted by molar-refractivity contribution is 6.09. The predicted molar refractivity (Wildman–Crippen MR) is 166 cm³/mol. The number of nitrogens with one attached hydrogen (secondary N) is 1. The van der Waals surface area contributed by atoms with Gasteiger partial charge in [0, 0.05) is 33.6 Å². The second kappa shape index (κ2) is 9.81. The van der Waals surface area contributed by atoms with Crippen LogP contribution in [0.15, 0.2) is 145 Å². The van der Waals surface area contributed by atoms with Crippen molar-refractivity contribution in [1.82, 2.24) is 4.57 Å². The van der Waals surface area contributed by atoms with Gasteiger partial charge in [0.2, 0.25) is 0 Å². The van der Waals surface area contributed by atoms with Crippen LogP contribution < -0.4 is 5.32 Å². The second-order valence-corrected chi connectivity index (χ2v) is 10.4. The molecule has 6 aromatic rings. The molecule has 0 radical (unpaired) electrons. The molecule has 2 nitrogen and oxygen atoms in total. The lowest BCUT2D eigenvalue weighted by Crippen LogP contribution is -2.12. The Morgan fingerprint density at radius 2 is 1.21 bits per heavy atom. The second-order valence-electron chi connectivity index (χ2n) is 10.4. The molecule has 1 N–H and O–H groups in total. The number of para-hydroxylation sites is 3. The van der Waals surface area contributed by atoms with Gasteiger partial charge in [0.05, 0.1) is 16.7 Å². The molecular formula is C37H30N2. The average Bonchev–Trinajstić information content (AvgIpc) is 3.33. The molecule has 1 aromatic heterocycles. The van der Waals surface area contributed by atoms with Crippen LogP contribution in [0.4, 0.5) is 5.69 Å². The monoisotopic (exact) mass is 502 g/mol. The largest absolute Gasteiger partial charge is 0.359 e. The Bertz CT molecular complexity index is 1800. The van der Waals surface area contributed by atoms with Gasteiger partial charge in [-0.1, -0.05) is 110 Å². The minimum atomic E-state index is 0.431. The molecule has 5 aromatic carbocycles. The quantitative estimate of drug-likeness (QED) is 0.248. The van der Waals surface area contributed by atoms with Gasteiger partial charge >= 0.3 is 0 Å². The van der Waals surface area contributed by atoms with E-state index in [4.69, 9.17) is 0 Å². The average molecular weight is 503 g/mol. The van der Waals surface area contributed by atoms with Gasteiger partial charge in [-0.25, -0.2) is 0 Å². The van der Waals surface area contributed by atoms with Crippen molar-refractivity contribution in [3.05, 3.63) is 151 Å². The lowest BCUT2D eigenvalue weighted by Gasteiger charge is -2.23. The maximum Gasteiger partial charge on any atom is 0.0541 e.